The highest BCUT2D eigenvalue weighted by Crippen LogP contribution is 2.36. The summed E-state index contributed by atoms with van der Waals surface area (Å²) in [7, 11) is -3.03. The molecule has 1 fully saturated rings. The average molecular weight is 495 g/mol. The van der Waals surface area contributed by atoms with Gasteiger partial charge in [0.25, 0.3) is 5.92 Å². The van der Waals surface area contributed by atoms with E-state index in [0.29, 0.717) is 11.0 Å². The Hall–Kier alpha value is -3.97. The molecule has 10 nitrogen and oxygen atoms in total. The number of alkyl halides is 3. The smallest absolute Gasteiger partial charge is 0.286 e. The number of nitrogens with zero attached hydrogens (tertiary/aromatic N) is 7. The summed E-state index contributed by atoms with van der Waals surface area (Å²) in [6, 6.07) is 2.93. The first-order chi connectivity index (χ1) is 17.9. The predicted octanol–water partition coefficient (Wildman–Crippen LogP) is 2.54. The van der Waals surface area contributed by atoms with Gasteiger partial charge in [-0.05, 0) is 17.7 Å². The van der Waals surface area contributed by atoms with Crippen molar-refractivity contribution in [2.75, 3.05) is 32.1 Å². The number of benzene rings is 1. The first-order valence-corrected chi connectivity index (χ1v) is 10.4. The fourth-order valence-corrected chi connectivity index (χ4v) is 4.12. The van der Waals surface area contributed by atoms with Crippen molar-refractivity contribution in [1.82, 2.24) is 34.5 Å². The van der Waals surface area contributed by atoms with Crippen LogP contribution in [0.4, 0.5) is 23.5 Å². The molecular weight excluding hydrogens is 472 g/mol. The minimum absolute atomic E-state index is 0.0860. The third-order valence-corrected chi connectivity index (χ3v) is 5.81. The van der Waals surface area contributed by atoms with E-state index in [1.165, 1.54) is 22.9 Å². The molecule has 4 heterocycles. The Labute approximate surface area is 199 Å². The van der Waals surface area contributed by atoms with Crippen molar-refractivity contribution < 1.29 is 31.2 Å². The Morgan fingerprint density at radius 2 is 2.23 bits per heavy atom. The molecule has 1 aliphatic rings. The summed E-state index contributed by atoms with van der Waals surface area (Å²) < 4.78 is 87.1. The maximum atomic E-state index is 15.3. The number of aromatic nitrogens is 6. The molecule has 3 aromatic heterocycles. The minimum Gasteiger partial charge on any atom is -0.479 e. The van der Waals surface area contributed by atoms with Gasteiger partial charge in [0, 0.05) is 13.5 Å². The minimum atomic E-state index is -3.34. The lowest BCUT2D eigenvalue weighted by Crippen LogP contribution is -2.38. The van der Waals surface area contributed by atoms with Gasteiger partial charge in [0.05, 0.1) is 41.5 Å². The molecule has 1 aromatic carbocycles. The highest BCUT2D eigenvalue weighted by atomic mass is 19.3. The Bertz CT molecular complexity index is 1540. The normalized spacial score (nSPS) is 19.1. The summed E-state index contributed by atoms with van der Waals surface area (Å²) in [5, 5.41) is 14.2. The second-order valence-electron chi connectivity index (χ2n) is 8.05. The standard InChI is InChI=1S/C21H20F4N8O2/c1-11(34)31-9-16(21(24,25)10-31)26-20-27-19(35-2)18-17(13(23)8-33(18)29-20)12-3-4-14-15(7-12)32(6-5-22)30-28-14/h3-4,7-8,16H,5-6,9-10H2,1-2H3,(H,26,29)/t16-/m1/s1/i2D3. The number of carbonyl (C=O) groups excluding carboxylic acids is 1. The zero-order chi connectivity index (χ0) is 27.4. The van der Waals surface area contributed by atoms with Crippen LogP contribution < -0.4 is 10.1 Å². The summed E-state index contributed by atoms with van der Waals surface area (Å²) in [4.78, 5) is 16.5. The van der Waals surface area contributed by atoms with Gasteiger partial charge < -0.3 is 15.0 Å². The van der Waals surface area contributed by atoms with Gasteiger partial charge in [-0.2, -0.15) is 4.98 Å². The Morgan fingerprint density at radius 3 is 2.94 bits per heavy atom. The molecule has 35 heavy (non-hydrogen) atoms. The Morgan fingerprint density at radius 1 is 1.40 bits per heavy atom. The van der Waals surface area contributed by atoms with Crippen LogP contribution in [0.3, 0.4) is 0 Å². The molecule has 1 N–H and O–H groups in total. The van der Waals surface area contributed by atoms with Gasteiger partial charge in [-0.25, -0.2) is 26.8 Å². The van der Waals surface area contributed by atoms with Gasteiger partial charge in [0.15, 0.2) is 5.82 Å². The van der Waals surface area contributed by atoms with Crippen LogP contribution in [0.2, 0.25) is 0 Å². The van der Waals surface area contributed by atoms with Crippen LogP contribution in [0.1, 0.15) is 11.0 Å². The number of hydrogen-bond donors (Lipinski definition) is 1. The molecule has 0 radical (unpaired) electrons. The average Bonchev–Trinajstić information content (AvgIpc) is 3.46. The zero-order valence-electron chi connectivity index (χ0n) is 21.2. The Balaban J connectivity index is 1.62. The number of carbonyl (C=O) groups is 1. The number of ether oxygens (including phenoxy) is 1. The van der Waals surface area contributed by atoms with Crippen molar-refractivity contribution in [2.24, 2.45) is 0 Å². The van der Waals surface area contributed by atoms with Crippen LogP contribution in [0, 0.1) is 5.82 Å². The monoisotopic (exact) mass is 495 g/mol. The highest BCUT2D eigenvalue weighted by Gasteiger charge is 2.49. The summed E-state index contributed by atoms with van der Waals surface area (Å²) >= 11 is 0. The molecule has 5 rings (SSSR count). The van der Waals surface area contributed by atoms with Crippen molar-refractivity contribution in [3.8, 4) is 17.0 Å². The fraction of sp³-hybridized carbons (Fsp3) is 0.381. The molecule has 1 saturated heterocycles. The van der Waals surface area contributed by atoms with Crippen LogP contribution >= 0.6 is 0 Å². The molecule has 1 atom stereocenters. The van der Waals surface area contributed by atoms with Gasteiger partial charge in [0.2, 0.25) is 17.7 Å². The van der Waals surface area contributed by atoms with E-state index in [1.54, 1.807) is 0 Å². The molecular formula is C21H20F4N8O2. The fourth-order valence-electron chi connectivity index (χ4n) is 4.12. The van der Waals surface area contributed by atoms with E-state index >= 15 is 4.39 Å². The quantitative estimate of drug-likeness (QED) is 0.410. The number of halogens is 4. The predicted molar refractivity (Wildman–Crippen MR) is 117 cm³/mol. The summed E-state index contributed by atoms with van der Waals surface area (Å²) in [6.45, 7) is -0.816. The van der Waals surface area contributed by atoms with Crippen molar-refractivity contribution in [3.63, 3.8) is 0 Å². The first kappa shape index (κ1) is 19.3. The highest BCUT2D eigenvalue weighted by molar-refractivity contribution is 5.89. The van der Waals surface area contributed by atoms with Crippen LogP contribution in [0.5, 0.6) is 5.88 Å². The number of aryl methyl sites for hydroxylation is 1. The molecule has 0 aliphatic carbocycles. The number of nitrogens with one attached hydrogen (secondary N) is 1. The molecule has 0 spiro atoms. The van der Waals surface area contributed by atoms with Gasteiger partial charge in [-0.3, -0.25) is 4.79 Å². The summed E-state index contributed by atoms with van der Waals surface area (Å²) in [5.74, 6) is -5.79. The van der Waals surface area contributed by atoms with E-state index < -0.39 is 55.8 Å². The van der Waals surface area contributed by atoms with Crippen molar-refractivity contribution in [3.05, 3.63) is 30.2 Å². The maximum Gasteiger partial charge on any atom is 0.286 e. The number of hydrogen-bond acceptors (Lipinski definition) is 7. The van der Waals surface area contributed by atoms with E-state index in [1.807, 2.05) is 0 Å². The zero-order valence-corrected chi connectivity index (χ0v) is 18.2. The number of methoxy groups -OCH3 is 1. The van der Waals surface area contributed by atoms with Gasteiger partial charge >= 0.3 is 0 Å². The van der Waals surface area contributed by atoms with Gasteiger partial charge in [-0.15, -0.1) is 10.2 Å². The maximum absolute atomic E-state index is 15.3. The molecule has 0 unspecified atom stereocenters. The van der Waals surface area contributed by atoms with Crippen LogP contribution in [0.15, 0.2) is 24.4 Å². The van der Waals surface area contributed by atoms with E-state index in [0.717, 1.165) is 22.5 Å². The first-order valence-electron chi connectivity index (χ1n) is 11.9. The number of anilines is 1. The second kappa shape index (κ2) is 8.36. The van der Waals surface area contributed by atoms with Crippen molar-refractivity contribution >= 4 is 28.4 Å². The van der Waals surface area contributed by atoms with E-state index in [-0.39, 0.29) is 29.7 Å². The lowest BCUT2D eigenvalue weighted by Gasteiger charge is -2.19. The third-order valence-electron chi connectivity index (χ3n) is 5.81. The number of fused-ring (bicyclic) bond motifs is 2. The number of amides is 1. The molecule has 184 valence electrons. The Kier molecular flexibility index (Phi) is 4.62. The molecule has 14 heteroatoms. The van der Waals surface area contributed by atoms with E-state index in [4.69, 9.17) is 8.85 Å². The van der Waals surface area contributed by atoms with E-state index in [2.05, 4.69) is 25.7 Å². The SMILES string of the molecule is [2H]C([2H])([2H])Oc1nc(N[C@@H]2CN(C(C)=O)CC2(F)F)nn2cc(F)c(-c3ccc4nnn(CCF)c4c3)c12. The lowest BCUT2D eigenvalue weighted by molar-refractivity contribution is -0.129. The summed E-state index contributed by atoms with van der Waals surface area (Å²) in [5.41, 5.74) is 0.732. The second-order valence-corrected chi connectivity index (χ2v) is 8.05. The van der Waals surface area contributed by atoms with Gasteiger partial charge in [-0.1, -0.05) is 11.3 Å². The van der Waals surface area contributed by atoms with Crippen molar-refractivity contribution in [2.45, 2.75) is 25.4 Å². The third kappa shape index (κ3) is 3.88. The largest absolute Gasteiger partial charge is 0.479 e. The van der Waals surface area contributed by atoms with E-state index in [9.17, 15) is 18.0 Å². The number of likely N-dealkylation sites (tertiary alicyclic amines) is 1. The summed E-state index contributed by atoms with van der Waals surface area (Å²) in [6.07, 6.45) is 0.917. The number of rotatable bonds is 6. The molecule has 1 aliphatic heterocycles. The molecule has 0 bridgehead atoms. The molecule has 0 saturated carbocycles. The van der Waals surface area contributed by atoms with Gasteiger partial charge in [0.1, 0.15) is 23.7 Å². The molecule has 4 aromatic rings. The van der Waals surface area contributed by atoms with Crippen LogP contribution in [-0.2, 0) is 11.3 Å². The van der Waals surface area contributed by atoms with Crippen molar-refractivity contribution in [1.29, 1.82) is 0 Å². The lowest BCUT2D eigenvalue weighted by atomic mass is 10.1. The molecule has 1 amide bonds. The topological polar surface area (TPSA) is 102 Å². The van der Waals surface area contributed by atoms with Crippen LogP contribution in [0.25, 0.3) is 27.7 Å². The van der Waals surface area contributed by atoms with Crippen LogP contribution in [-0.4, -0.2) is 79.2 Å².